The summed E-state index contributed by atoms with van der Waals surface area (Å²) in [5.41, 5.74) is 4.35. The van der Waals surface area contributed by atoms with Crippen LogP contribution in [0.3, 0.4) is 0 Å². The van der Waals surface area contributed by atoms with Gasteiger partial charge in [-0.1, -0.05) is 30.3 Å². The minimum atomic E-state index is -1.42. The maximum atomic E-state index is 11.6. The first-order valence-corrected chi connectivity index (χ1v) is 4.47. The number of nitrogens with two attached hydrogens (primary N) is 1. The highest BCUT2D eigenvalue weighted by Gasteiger charge is 2.42. The van der Waals surface area contributed by atoms with Crippen molar-refractivity contribution in [1.82, 2.24) is 0 Å². The number of hydrogen-bond donors (Lipinski definition) is 1. The summed E-state index contributed by atoms with van der Waals surface area (Å²) in [7, 11) is 1.23. The van der Waals surface area contributed by atoms with Gasteiger partial charge in [0.05, 0.1) is 7.11 Å². The van der Waals surface area contributed by atoms with Crippen molar-refractivity contribution in [2.45, 2.75) is 12.3 Å². The summed E-state index contributed by atoms with van der Waals surface area (Å²) in [4.78, 5) is 22.9. The van der Waals surface area contributed by atoms with Gasteiger partial charge in [0, 0.05) is 0 Å². The van der Waals surface area contributed by atoms with E-state index in [-0.39, 0.29) is 0 Å². The second-order valence-electron chi connectivity index (χ2n) is 3.35. The fourth-order valence-corrected chi connectivity index (χ4v) is 1.34. The van der Waals surface area contributed by atoms with Crippen molar-refractivity contribution in [3.8, 4) is 0 Å². The highest BCUT2D eigenvalue weighted by Crippen LogP contribution is 2.24. The number of benzene rings is 1. The van der Waals surface area contributed by atoms with E-state index in [4.69, 9.17) is 5.73 Å². The van der Waals surface area contributed by atoms with Gasteiger partial charge < -0.3 is 10.5 Å². The summed E-state index contributed by atoms with van der Waals surface area (Å²) >= 11 is 0. The normalized spacial score (nSPS) is 14.0. The largest absolute Gasteiger partial charge is 0.468 e. The molecule has 0 aliphatic heterocycles. The van der Waals surface area contributed by atoms with Crippen molar-refractivity contribution in [3.63, 3.8) is 0 Å². The van der Waals surface area contributed by atoms with Crippen LogP contribution >= 0.6 is 0 Å². The smallest absolute Gasteiger partial charge is 0.325 e. The molecule has 15 heavy (non-hydrogen) atoms. The van der Waals surface area contributed by atoms with Crippen molar-refractivity contribution in [1.29, 1.82) is 0 Å². The van der Waals surface area contributed by atoms with Gasteiger partial charge in [0.1, 0.15) is 0 Å². The zero-order chi connectivity index (χ0) is 11.5. The van der Waals surface area contributed by atoms with Crippen LogP contribution in [0, 0.1) is 0 Å². The van der Waals surface area contributed by atoms with Gasteiger partial charge >= 0.3 is 5.97 Å². The standard InChI is InChI=1S/C11H13NO3/c1-11(9(12)13,10(14)15-2)8-6-4-3-5-7-8/h3-7H,1-2H3,(H2,12,13)/t11-/m0/s1. The molecule has 4 heteroatoms. The van der Waals surface area contributed by atoms with Crippen molar-refractivity contribution >= 4 is 11.9 Å². The predicted octanol–water partition coefficient (Wildman–Crippen LogP) is 0.603. The van der Waals surface area contributed by atoms with Crippen molar-refractivity contribution in [2.24, 2.45) is 5.73 Å². The van der Waals surface area contributed by atoms with E-state index in [0.717, 1.165) is 0 Å². The third-order valence-electron chi connectivity index (χ3n) is 2.44. The number of rotatable bonds is 3. The second kappa shape index (κ2) is 4.13. The van der Waals surface area contributed by atoms with Crippen LogP contribution in [0.25, 0.3) is 0 Å². The Morgan fingerprint density at radius 2 is 1.80 bits per heavy atom. The summed E-state index contributed by atoms with van der Waals surface area (Å²) in [6, 6.07) is 8.60. The number of carbonyl (C=O) groups is 2. The second-order valence-corrected chi connectivity index (χ2v) is 3.35. The minimum absolute atomic E-state index is 0.532. The van der Waals surface area contributed by atoms with Gasteiger partial charge in [-0.2, -0.15) is 0 Å². The first-order chi connectivity index (χ1) is 7.03. The van der Waals surface area contributed by atoms with Crippen LogP contribution in [0.4, 0.5) is 0 Å². The number of methoxy groups -OCH3 is 1. The molecule has 0 aliphatic rings. The molecule has 0 bridgehead atoms. The number of primary amides is 1. The molecule has 0 heterocycles. The van der Waals surface area contributed by atoms with Crippen LogP contribution in [-0.4, -0.2) is 19.0 Å². The number of amides is 1. The Labute approximate surface area is 88.0 Å². The van der Waals surface area contributed by atoms with Gasteiger partial charge in [-0.25, -0.2) is 0 Å². The lowest BCUT2D eigenvalue weighted by Gasteiger charge is -2.23. The predicted molar refractivity (Wildman–Crippen MR) is 55.0 cm³/mol. The van der Waals surface area contributed by atoms with Crippen molar-refractivity contribution in [3.05, 3.63) is 35.9 Å². The lowest BCUT2D eigenvalue weighted by molar-refractivity contribution is -0.151. The van der Waals surface area contributed by atoms with E-state index in [2.05, 4.69) is 4.74 Å². The quantitative estimate of drug-likeness (QED) is 0.583. The third kappa shape index (κ3) is 1.83. The van der Waals surface area contributed by atoms with E-state index in [1.165, 1.54) is 14.0 Å². The van der Waals surface area contributed by atoms with Gasteiger partial charge in [-0.05, 0) is 12.5 Å². The topological polar surface area (TPSA) is 69.4 Å². The molecule has 80 valence electrons. The Balaban J connectivity index is 3.25. The fourth-order valence-electron chi connectivity index (χ4n) is 1.34. The number of ether oxygens (including phenoxy) is 1. The summed E-state index contributed by atoms with van der Waals surface area (Å²) < 4.78 is 4.59. The lowest BCUT2D eigenvalue weighted by Crippen LogP contribution is -2.46. The first kappa shape index (κ1) is 11.2. The SMILES string of the molecule is COC(=O)[C@](C)(C(N)=O)c1ccccc1. The fraction of sp³-hybridized carbons (Fsp3) is 0.273. The molecule has 0 radical (unpaired) electrons. The van der Waals surface area contributed by atoms with E-state index >= 15 is 0 Å². The average molecular weight is 207 g/mol. The van der Waals surface area contributed by atoms with Gasteiger partial charge in [-0.15, -0.1) is 0 Å². The third-order valence-corrected chi connectivity index (χ3v) is 2.44. The van der Waals surface area contributed by atoms with Gasteiger partial charge in [0.2, 0.25) is 5.91 Å². The van der Waals surface area contributed by atoms with E-state index in [0.29, 0.717) is 5.56 Å². The molecular formula is C11H13NO3. The van der Waals surface area contributed by atoms with Crippen LogP contribution in [0.5, 0.6) is 0 Å². The highest BCUT2D eigenvalue weighted by atomic mass is 16.5. The molecule has 1 atom stereocenters. The molecule has 0 aromatic heterocycles. The molecule has 0 spiro atoms. The maximum Gasteiger partial charge on any atom is 0.325 e. The summed E-state index contributed by atoms with van der Waals surface area (Å²) in [5, 5.41) is 0. The summed E-state index contributed by atoms with van der Waals surface area (Å²) in [6.45, 7) is 1.45. The van der Waals surface area contributed by atoms with Crippen molar-refractivity contribution < 1.29 is 14.3 Å². The monoisotopic (exact) mass is 207 g/mol. The van der Waals surface area contributed by atoms with E-state index in [1.54, 1.807) is 30.3 Å². The maximum absolute atomic E-state index is 11.6. The molecule has 0 fully saturated rings. The Morgan fingerprint density at radius 1 is 1.27 bits per heavy atom. The Morgan fingerprint density at radius 3 is 2.20 bits per heavy atom. The average Bonchev–Trinajstić information content (AvgIpc) is 2.27. The molecule has 0 unspecified atom stereocenters. The van der Waals surface area contributed by atoms with Gasteiger partial charge in [0.25, 0.3) is 0 Å². The van der Waals surface area contributed by atoms with Gasteiger partial charge in [-0.3, -0.25) is 9.59 Å². The zero-order valence-electron chi connectivity index (χ0n) is 8.69. The molecule has 2 N–H and O–H groups in total. The molecule has 0 saturated carbocycles. The lowest BCUT2D eigenvalue weighted by atomic mass is 9.82. The number of hydrogen-bond acceptors (Lipinski definition) is 3. The molecular weight excluding hydrogens is 194 g/mol. The molecule has 1 amide bonds. The Hall–Kier alpha value is -1.84. The van der Waals surface area contributed by atoms with Crippen molar-refractivity contribution in [2.75, 3.05) is 7.11 Å². The van der Waals surface area contributed by atoms with E-state index in [1.807, 2.05) is 0 Å². The molecule has 0 aliphatic carbocycles. The number of carbonyl (C=O) groups excluding carboxylic acids is 2. The van der Waals surface area contributed by atoms with E-state index in [9.17, 15) is 9.59 Å². The molecule has 1 aromatic rings. The van der Waals surface area contributed by atoms with Gasteiger partial charge in [0.15, 0.2) is 5.41 Å². The Bertz CT molecular complexity index is 375. The zero-order valence-corrected chi connectivity index (χ0v) is 8.69. The highest BCUT2D eigenvalue weighted by molar-refractivity contribution is 6.07. The summed E-state index contributed by atoms with van der Waals surface area (Å²) in [5.74, 6) is -1.37. The van der Waals surface area contributed by atoms with Crippen LogP contribution in [-0.2, 0) is 19.7 Å². The molecule has 1 rings (SSSR count). The Kier molecular flexibility index (Phi) is 3.09. The van der Waals surface area contributed by atoms with Crippen LogP contribution in [0.1, 0.15) is 12.5 Å². The minimum Gasteiger partial charge on any atom is -0.468 e. The van der Waals surface area contributed by atoms with Crippen LogP contribution in [0.15, 0.2) is 30.3 Å². The van der Waals surface area contributed by atoms with Crippen LogP contribution in [0.2, 0.25) is 0 Å². The molecule has 0 saturated heterocycles. The summed E-state index contributed by atoms with van der Waals surface area (Å²) in [6.07, 6.45) is 0. The molecule has 1 aromatic carbocycles. The first-order valence-electron chi connectivity index (χ1n) is 4.47. The van der Waals surface area contributed by atoms with E-state index < -0.39 is 17.3 Å². The molecule has 4 nitrogen and oxygen atoms in total. The van der Waals surface area contributed by atoms with Crippen LogP contribution < -0.4 is 5.73 Å². The number of esters is 1.